The zero-order valence-corrected chi connectivity index (χ0v) is 14.7. The monoisotopic (exact) mass is 345 g/mol. The molecule has 0 bridgehead atoms. The first-order valence-electron chi connectivity index (χ1n) is 8.00. The number of benzene rings is 2. The first-order valence-corrected chi connectivity index (χ1v) is 9.26. The van der Waals surface area contributed by atoms with Gasteiger partial charge in [0.1, 0.15) is 0 Å². The van der Waals surface area contributed by atoms with Crippen LogP contribution < -0.4 is 4.90 Å². The fourth-order valence-corrected chi connectivity index (χ4v) is 4.06. The molecule has 1 heterocycles. The Morgan fingerprint density at radius 2 is 1.96 bits per heavy atom. The molecule has 2 nitrogen and oxygen atoms in total. The van der Waals surface area contributed by atoms with Gasteiger partial charge in [-0.25, -0.2) is 0 Å². The minimum Gasteiger partial charge on any atom is -0.311 e. The highest BCUT2D eigenvalue weighted by molar-refractivity contribution is 8.00. The molecule has 23 heavy (non-hydrogen) atoms. The number of thioether (sulfide) groups is 1. The van der Waals surface area contributed by atoms with Crippen LogP contribution in [0.5, 0.6) is 0 Å². The van der Waals surface area contributed by atoms with Gasteiger partial charge in [-0.2, -0.15) is 0 Å². The summed E-state index contributed by atoms with van der Waals surface area (Å²) in [6, 6.07) is 16.0. The third-order valence-corrected chi connectivity index (χ3v) is 5.73. The molecule has 1 aliphatic rings. The second kappa shape index (κ2) is 7.41. The number of hydrogen-bond acceptors (Lipinski definition) is 2. The van der Waals surface area contributed by atoms with E-state index < -0.39 is 0 Å². The molecule has 1 aliphatic heterocycles. The lowest BCUT2D eigenvalue weighted by Crippen LogP contribution is -2.40. The van der Waals surface area contributed by atoms with Crippen LogP contribution in [0, 0.1) is 0 Å². The summed E-state index contributed by atoms with van der Waals surface area (Å²) in [5, 5.41) is 0.654. The summed E-state index contributed by atoms with van der Waals surface area (Å²) in [4.78, 5) is 16.1. The number of nitrogens with zero attached hydrogens (tertiary/aromatic N) is 1. The van der Waals surface area contributed by atoms with Crippen molar-refractivity contribution in [3.8, 4) is 0 Å². The minimum atomic E-state index is -0.0673. The van der Waals surface area contributed by atoms with Gasteiger partial charge in [-0.05, 0) is 55.2 Å². The van der Waals surface area contributed by atoms with Crippen molar-refractivity contribution in [2.24, 2.45) is 0 Å². The summed E-state index contributed by atoms with van der Waals surface area (Å²) < 4.78 is 0. The van der Waals surface area contributed by atoms with Crippen molar-refractivity contribution in [1.82, 2.24) is 0 Å². The summed E-state index contributed by atoms with van der Waals surface area (Å²) in [6.07, 6.45) is 2.90. The lowest BCUT2D eigenvalue weighted by molar-refractivity contribution is -0.118. The zero-order valence-electron chi connectivity index (χ0n) is 13.2. The average molecular weight is 346 g/mol. The standard InChI is InChI=1S/C19H20ClNOS/c1-2-18(23-16-11-9-15(20)10-12-16)19(22)21-13-5-7-14-6-3-4-8-17(14)21/h3-4,6,8-12,18H,2,5,7,13H2,1H3/t18-/m1/s1. The Morgan fingerprint density at radius 3 is 2.70 bits per heavy atom. The van der Waals surface area contributed by atoms with Crippen LogP contribution in [-0.4, -0.2) is 17.7 Å². The van der Waals surface area contributed by atoms with Crippen LogP contribution in [0.3, 0.4) is 0 Å². The van der Waals surface area contributed by atoms with E-state index in [-0.39, 0.29) is 11.2 Å². The highest BCUT2D eigenvalue weighted by Crippen LogP contribution is 2.32. The summed E-state index contributed by atoms with van der Waals surface area (Å²) in [5.74, 6) is 0.208. The van der Waals surface area contributed by atoms with Crippen LogP contribution in [0.1, 0.15) is 25.3 Å². The smallest absolute Gasteiger partial charge is 0.240 e. The SMILES string of the molecule is CC[C@@H](Sc1ccc(Cl)cc1)C(=O)N1CCCc2ccccc21. The highest BCUT2D eigenvalue weighted by atomic mass is 35.5. The molecule has 0 spiro atoms. The van der Waals surface area contributed by atoms with Crippen molar-refractivity contribution >= 4 is 35.0 Å². The third kappa shape index (κ3) is 3.73. The van der Waals surface area contributed by atoms with E-state index in [0.717, 1.165) is 41.4 Å². The molecule has 4 heteroatoms. The molecule has 0 aromatic heterocycles. The van der Waals surface area contributed by atoms with Crippen LogP contribution in [0.15, 0.2) is 53.4 Å². The number of hydrogen-bond donors (Lipinski definition) is 0. The molecule has 2 aromatic rings. The first-order chi connectivity index (χ1) is 11.2. The molecule has 1 amide bonds. The third-order valence-electron chi connectivity index (χ3n) is 4.11. The van der Waals surface area contributed by atoms with Gasteiger partial charge in [-0.3, -0.25) is 4.79 Å². The predicted molar refractivity (Wildman–Crippen MR) is 98.5 cm³/mol. The Balaban J connectivity index is 1.79. The molecule has 0 radical (unpaired) electrons. The molecule has 0 unspecified atom stereocenters. The average Bonchev–Trinajstić information content (AvgIpc) is 2.60. The quantitative estimate of drug-likeness (QED) is 0.711. The Hall–Kier alpha value is -1.45. The lowest BCUT2D eigenvalue weighted by atomic mass is 10.0. The second-order valence-electron chi connectivity index (χ2n) is 5.69. The number of carbonyl (C=O) groups excluding carboxylic acids is 1. The van der Waals surface area contributed by atoms with Crippen molar-refractivity contribution in [1.29, 1.82) is 0 Å². The van der Waals surface area contributed by atoms with Gasteiger partial charge in [0.15, 0.2) is 0 Å². The number of aryl methyl sites for hydroxylation is 1. The van der Waals surface area contributed by atoms with Crippen molar-refractivity contribution in [3.05, 3.63) is 59.1 Å². The molecule has 0 aliphatic carbocycles. The molecule has 2 aromatic carbocycles. The van der Waals surface area contributed by atoms with Gasteiger partial charge in [0, 0.05) is 22.2 Å². The van der Waals surface area contributed by atoms with E-state index in [4.69, 9.17) is 11.6 Å². The maximum absolute atomic E-state index is 13.0. The van der Waals surface area contributed by atoms with Gasteiger partial charge in [0.25, 0.3) is 0 Å². The molecule has 0 fully saturated rings. The Kier molecular flexibility index (Phi) is 5.29. The van der Waals surface area contributed by atoms with Gasteiger partial charge in [0.05, 0.1) is 5.25 Å². The van der Waals surface area contributed by atoms with E-state index in [2.05, 4.69) is 19.1 Å². The van der Waals surface area contributed by atoms with Crippen LogP contribution in [-0.2, 0) is 11.2 Å². The van der Waals surface area contributed by atoms with Crippen LogP contribution in [0.25, 0.3) is 0 Å². The van der Waals surface area contributed by atoms with E-state index in [1.807, 2.05) is 41.3 Å². The Bertz CT molecular complexity index is 686. The number of para-hydroxylation sites is 1. The van der Waals surface area contributed by atoms with Crippen LogP contribution in [0.4, 0.5) is 5.69 Å². The minimum absolute atomic E-state index is 0.0673. The van der Waals surface area contributed by atoms with Crippen LogP contribution in [0.2, 0.25) is 5.02 Å². The van der Waals surface area contributed by atoms with E-state index in [9.17, 15) is 4.79 Å². The molecule has 0 N–H and O–H groups in total. The molecule has 1 atom stereocenters. The number of amides is 1. The maximum Gasteiger partial charge on any atom is 0.240 e. The van der Waals surface area contributed by atoms with Gasteiger partial charge in [-0.1, -0.05) is 36.7 Å². The fraction of sp³-hybridized carbons (Fsp3) is 0.316. The molecular weight excluding hydrogens is 326 g/mol. The van der Waals surface area contributed by atoms with Crippen molar-refractivity contribution < 1.29 is 4.79 Å². The topological polar surface area (TPSA) is 20.3 Å². The number of fused-ring (bicyclic) bond motifs is 1. The summed E-state index contributed by atoms with van der Waals surface area (Å²) in [5.41, 5.74) is 2.36. The largest absolute Gasteiger partial charge is 0.311 e. The van der Waals surface area contributed by atoms with Gasteiger partial charge in [0.2, 0.25) is 5.91 Å². The van der Waals surface area contributed by atoms with Crippen molar-refractivity contribution in [3.63, 3.8) is 0 Å². The van der Waals surface area contributed by atoms with Crippen molar-refractivity contribution in [2.75, 3.05) is 11.4 Å². The summed E-state index contributed by atoms with van der Waals surface area (Å²) in [7, 11) is 0. The second-order valence-corrected chi connectivity index (χ2v) is 7.40. The van der Waals surface area contributed by atoms with Gasteiger partial charge in [-0.15, -0.1) is 11.8 Å². The lowest BCUT2D eigenvalue weighted by Gasteiger charge is -2.32. The number of carbonyl (C=O) groups is 1. The zero-order chi connectivity index (χ0) is 16.2. The van der Waals surface area contributed by atoms with E-state index in [1.54, 1.807) is 11.8 Å². The number of anilines is 1. The van der Waals surface area contributed by atoms with E-state index >= 15 is 0 Å². The Labute approximate surface area is 146 Å². The molecule has 120 valence electrons. The van der Waals surface area contributed by atoms with Gasteiger partial charge >= 0.3 is 0 Å². The molecule has 3 rings (SSSR count). The molecule has 0 saturated heterocycles. The van der Waals surface area contributed by atoms with E-state index in [1.165, 1.54) is 5.56 Å². The normalized spacial score (nSPS) is 15.1. The summed E-state index contributed by atoms with van der Waals surface area (Å²) >= 11 is 7.56. The fourth-order valence-electron chi connectivity index (χ4n) is 2.92. The van der Waals surface area contributed by atoms with E-state index in [0.29, 0.717) is 0 Å². The Morgan fingerprint density at radius 1 is 1.22 bits per heavy atom. The first kappa shape index (κ1) is 16.4. The van der Waals surface area contributed by atoms with Crippen molar-refractivity contribution in [2.45, 2.75) is 36.3 Å². The number of halogens is 1. The predicted octanol–water partition coefficient (Wildman–Crippen LogP) is 5.19. The maximum atomic E-state index is 13.0. The summed E-state index contributed by atoms with van der Waals surface area (Å²) in [6.45, 7) is 2.88. The molecule has 0 saturated carbocycles. The highest BCUT2D eigenvalue weighted by Gasteiger charge is 2.28. The van der Waals surface area contributed by atoms with Crippen LogP contribution >= 0.6 is 23.4 Å². The van der Waals surface area contributed by atoms with Gasteiger partial charge < -0.3 is 4.90 Å². The number of rotatable bonds is 4. The molecular formula is C19H20ClNOS.